The molecule has 7 aromatic carbocycles. The number of para-hydroxylation sites is 1. The van der Waals surface area contributed by atoms with Gasteiger partial charge in [-0.05, 0) is 107 Å². The summed E-state index contributed by atoms with van der Waals surface area (Å²) in [4.78, 5) is 13.8. The van der Waals surface area contributed by atoms with E-state index < -0.39 is 10.0 Å². The lowest BCUT2D eigenvalue weighted by Crippen LogP contribution is -2.30. The Hall–Kier alpha value is -7.05. The lowest BCUT2D eigenvalue weighted by atomic mass is 9.97. The Balaban J connectivity index is 0.000000868. The van der Waals surface area contributed by atoms with Gasteiger partial charge in [-0.15, -0.1) is 11.3 Å². The van der Waals surface area contributed by atoms with Crippen LogP contribution in [0.2, 0.25) is 0 Å². The number of hydrogen-bond acceptors (Lipinski definition) is 3. The maximum atomic E-state index is 5.57. The minimum absolute atomic E-state index is 0.249. The first kappa shape index (κ1) is 39.8. The third kappa shape index (κ3) is 6.66. The fourth-order valence-electron chi connectivity index (χ4n) is 10.1. The quantitative estimate of drug-likeness (QED) is 0.149. The van der Waals surface area contributed by atoms with Gasteiger partial charge in [0.05, 0.1) is 22.4 Å². The number of rotatable bonds is 7. The highest BCUT2D eigenvalue weighted by Gasteiger charge is 2.43. The molecule has 3 aromatic heterocycles. The Morgan fingerprint density at radius 2 is 1.36 bits per heavy atom. The molecule has 0 saturated carbocycles. The van der Waals surface area contributed by atoms with Crippen molar-refractivity contribution in [3.8, 4) is 17.2 Å². The van der Waals surface area contributed by atoms with Crippen LogP contribution in [0.1, 0.15) is 24.6 Å². The van der Waals surface area contributed by atoms with Crippen LogP contribution < -0.4 is 0 Å². The summed E-state index contributed by atoms with van der Waals surface area (Å²) in [6, 6.07) is 60.2. The van der Waals surface area contributed by atoms with Gasteiger partial charge >= 0.3 is 0 Å². The normalized spacial score (nSPS) is 16.1. The third-order valence-corrected chi connectivity index (χ3v) is 18.6. The summed E-state index contributed by atoms with van der Waals surface area (Å²) in [5, 5.41) is 8.01. The largest absolute Gasteiger partial charge is 0.278 e. The van der Waals surface area contributed by atoms with Gasteiger partial charge in [-0.25, -0.2) is 9.97 Å². The fourth-order valence-corrected chi connectivity index (χ4v) is 16.0. The molecule has 2 atom stereocenters. The number of nitrogens with zero attached hydrogens (tertiary/aromatic N) is 3. The van der Waals surface area contributed by atoms with Gasteiger partial charge in [-0.3, -0.25) is 4.57 Å². The summed E-state index contributed by atoms with van der Waals surface area (Å²) < 4.78 is 4.94. The maximum absolute atomic E-state index is 5.57. The molecule has 2 unspecified atom stereocenters. The van der Waals surface area contributed by atoms with Gasteiger partial charge in [-0.2, -0.15) is 10.0 Å². The summed E-state index contributed by atoms with van der Waals surface area (Å²) in [7, 11) is -1.64. The molecule has 0 bridgehead atoms. The molecule has 10 aromatic rings. The highest BCUT2D eigenvalue weighted by Crippen LogP contribution is 2.72. The van der Waals surface area contributed by atoms with Gasteiger partial charge in [0.1, 0.15) is 0 Å². The Morgan fingerprint density at radius 3 is 2.09 bits per heavy atom. The molecular weight excluding hydrogens is 815 g/mol. The van der Waals surface area contributed by atoms with Crippen LogP contribution in [0, 0.1) is 0 Å². The molecule has 0 aliphatic heterocycles. The number of aromatic nitrogens is 3. The van der Waals surface area contributed by atoms with Gasteiger partial charge in [0, 0.05) is 47.0 Å². The maximum Gasteiger partial charge on any atom is 0.235 e. The lowest BCUT2D eigenvalue weighted by molar-refractivity contribution is 0.911. The molecule has 0 fully saturated rings. The summed E-state index contributed by atoms with van der Waals surface area (Å²) in [6.07, 6.45) is 21.8. The van der Waals surface area contributed by atoms with Crippen LogP contribution in [-0.4, -0.2) is 25.0 Å². The summed E-state index contributed by atoms with van der Waals surface area (Å²) in [6.45, 7) is 5.42. The second-order valence-corrected chi connectivity index (χ2v) is 21.0. The van der Waals surface area contributed by atoms with Crippen molar-refractivity contribution in [1.29, 1.82) is 0 Å². The van der Waals surface area contributed by atoms with Gasteiger partial charge in [0.15, 0.2) is 0 Å². The Bertz CT molecular complexity index is 3460. The van der Waals surface area contributed by atoms with Crippen molar-refractivity contribution in [3.05, 3.63) is 230 Å². The molecule has 2 aliphatic carbocycles. The number of allylic oxidation sites excluding steroid dienone is 6. The third-order valence-electron chi connectivity index (χ3n) is 12.8. The van der Waals surface area contributed by atoms with E-state index >= 15 is 0 Å². The van der Waals surface area contributed by atoms with Crippen molar-refractivity contribution in [3.63, 3.8) is 0 Å². The van der Waals surface area contributed by atoms with Crippen LogP contribution in [0.3, 0.4) is 0 Å². The zero-order valence-electron chi connectivity index (χ0n) is 35.7. The molecular formula is C59H47N3S2. The van der Waals surface area contributed by atoms with E-state index in [-0.39, 0.29) is 5.25 Å². The van der Waals surface area contributed by atoms with Crippen molar-refractivity contribution >= 4 is 80.2 Å². The van der Waals surface area contributed by atoms with E-state index in [1.807, 2.05) is 30.4 Å². The average molecular weight is 862 g/mol. The molecule has 12 rings (SSSR count). The van der Waals surface area contributed by atoms with Crippen molar-refractivity contribution in [2.75, 3.05) is 0 Å². The number of hydrogen-bond donors (Lipinski definition) is 0. The van der Waals surface area contributed by atoms with E-state index in [9.17, 15) is 0 Å². The number of thiophene rings is 1. The Kier molecular flexibility index (Phi) is 10.5. The van der Waals surface area contributed by atoms with Crippen molar-refractivity contribution in [2.24, 2.45) is 0 Å². The zero-order chi connectivity index (χ0) is 43.0. The molecule has 0 spiro atoms. The SMILES string of the molecule is C1=CCC(S(c2ccccc2)(c2ccccc2)C2C=Cc3c(c4c5ccccc5ccc4n3-c3nc(-c4ccc5sc6ccccc6c5c4)c4ccccc4n3)C2)C=C1.C=C/C=C\C. The first-order valence-electron chi connectivity index (χ1n) is 22.1. The zero-order valence-corrected chi connectivity index (χ0v) is 37.4. The van der Waals surface area contributed by atoms with Gasteiger partial charge in [-0.1, -0.05) is 164 Å². The molecule has 5 heteroatoms. The molecule has 0 amide bonds. The summed E-state index contributed by atoms with van der Waals surface area (Å²) in [5.74, 6) is 0.698. The Morgan fingerprint density at radius 1 is 0.656 bits per heavy atom. The predicted octanol–water partition coefficient (Wildman–Crippen LogP) is 16.3. The minimum Gasteiger partial charge on any atom is -0.278 e. The van der Waals surface area contributed by atoms with Crippen LogP contribution >= 0.6 is 21.4 Å². The lowest BCUT2D eigenvalue weighted by Gasteiger charge is -2.52. The van der Waals surface area contributed by atoms with Crippen LogP contribution in [0.4, 0.5) is 0 Å². The predicted molar refractivity (Wildman–Crippen MR) is 277 cm³/mol. The van der Waals surface area contributed by atoms with Gasteiger partial charge in [0.25, 0.3) is 0 Å². The molecule has 0 saturated heterocycles. The first-order valence-corrected chi connectivity index (χ1v) is 24.7. The average Bonchev–Trinajstić information content (AvgIpc) is 3.91. The van der Waals surface area contributed by atoms with Crippen molar-refractivity contribution < 1.29 is 0 Å². The second kappa shape index (κ2) is 16.9. The van der Waals surface area contributed by atoms with E-state index in [0.29, 0.717) is 11.2 Å². The van der Waals surface area contributed by atoms with E-state index in [2.05, 4.69) is 211 Å². The van der Waals surface area contributed by atoms with E-state index in [0.717, 1.165) is 40.5 Å². The molecule has 0 radical (unpaired) electrons. The van der Waals surface area contributed by atoms with Gasteiger partial charge < -0.3 is 0 Å². The molecule has 2 aliphatic rings. The monoisotopic (exact) mass is 861 g/mol. The summed E-state index contributed by atoms with van der Waals surface area (Å²) in [5.41, 5.74) is 6.66. The molecule has 310 valence electrons. The number of benzene rings is 7. The topological polar surface area (TPSA) is 30.7 Å². The number of fused-ring (bicyclic) bond motifs is 9. The standard InChI is InChI=1S/C54H39N3S2.C5H8/c1-4-17-38(18-5-1)59(39-19-6-2-7-20-39,40-21-8-3-9-22-40)41-30-32-48-46(35-41)52-42-23-11-10-16-36(42)28-31-49(52)57(48)54-55-47-26-14-12-25-44(47)53(56-54)37-29-33-51-45(34-37)43-24-13-15-27-50(43)58-51;1-3-5-4-2/h1-21,23-34,40-41H,22,35H2;3-5H,1H2,2H3/b;5-4-. The van der Waals surface area contributed by atoms with Crippen LogP contribution in [-0.2, 0) is 6.42 Å². The first-order chi connectivity index (χ1) is 31.7. The van der Waals surface area contributed by atoms with Crippen LogP contribution in [0.5, 0.6) is 0 Å². The van der Waals surface area contributed by atoms with Crippen molar-refractivity contribution in [1.82, 2.24) is 14.5 Å². The highest BCUT2D eigenvalue weighted by molar-refractivity contribution is 8.35. The molecule has 3 nitrogen and oxygen atoms in total. The van der Waals surface area contributed by atoms with E-state index in [4.69, 9.17) is 9.97 Å². The molecule has 64 heavy (non-hydrogen) atoms. The van der Waals surface area contributed by atoms with Gasteiger partial charge in [0.2, 0.25) is 5.95 Å². The van der Waals surface area contributed by atoms with Crippen molar-refractivity contribution in [2.45, 2.75) is 40.1 Å². The minimum atomic E-state index is -1.64. The fraction of sp³-hybridized carbons (Fsp3) is 0.0847. The van der Waals surface area contributed by atoms with E-state index in [1.165, 1.54) is 57.4 Å². The highest BCUT2D eigenvalue weighted by atomic mass is 32.3. The molecule has 0 N–H and O–H groups in total. The smallest absolute Gasteiger partial charge is 0.235 e. The Labute approximate surface area is 380 Å². The van der Waals surface area contributed by atoms with E-state index in [1.54, 1.807) is 6.08 Å². The molecule has 3 heterocycles. The summed E-state index contributed by atoms with van der Waals surface area (Å²) >= 11 is 1.85. The van der Waals surface area contributed by atoms with Crippen LogP contribution in [0.25, 0.3) is 76.0 Å². The second-order valence-electron chi connectivity index (χ2n) is 16.4. The van der Waals surface area contributed by atoms with Crippen LogP contribution in [0.15, 0.2) is 229 Å².